The van der Waals surface area contributed by atoms with E-state index in [2.05, 4.69) is 4.98 Å². The monoisotopic (exact) mass is 432 g/mol. The van der Waals surface area contributed by atoms with Crippen molar-refractivity contribution in [1.82, 2.24) is 18.8 Å². The van der Waals surface area contributed by atoms with Crippen LogP contribution in [0.3, 0.4) is 0 Å². The van der Waals surface area contributed by atoms with Gasteiger partial charge in [0.15, 0.2) is 16.5 Å². The SMILES string of the molecule is Cc1nc(S(=O)(=O)N2CCCN(C(=O)C=Cc3ccc4c(c3)OCO4)CC2)cn1C. The van der Waals surface area contributed by atoms with Gasteiger partial charge in [-0.1, -0.05) is 6.07 Å². The lowest BCUT2D eigenvalue weighted by Crippen LogP contribution is -2.36. The van der Waals surface area contributed by atoms with Crippen molar-refractivity contribution in [2.75, 3.05) is 33.0 Å². The number of aromatic nitrogens is 2. The number of amides is 1. The van der Waals surface area contributed by atoms with Crippen LogP contribution in [0, 0.1) is 6.92 Å². The molecule has 0 unspecified atom stereocenters. The summed E-state index contributed by atoms with van der Waals surface area (Å²) in [7, 11) is -1.92. The minimum absolute atomic E-state index is 0.0463. The van der Waals surface area contributed by atoms with Crippen molar-refractivity contribution in [3.63, 3.8) is 0 Å². The summed E-state index contributed by atoms with van der Waals surface area (Å²) < 4.78 is 39.5. The third-order valence-electron chi connectivity index (χ3n) is 5.27. The summed E-state index contributed by atoms with van der Waals surface area (Å²) in [5.74, 6) is 1.83. The molecule has 2 aliphatic rings. The first-order chi connectivity index (χ1) is 14.3. The van der Waals surface area contributed by atoms with E-state index < -0.39 is 10.0 Å². The molecule has 3 heterocycles. The van der Waals surface area contributed by atoms with Crippen LogP contribution < -0.4 is 9.47 Å². The van der Waals surface area contributed by atoms with E-state index in [0.717, 1.165) is 5.56 Å². The van der Waals surface area contributed by atoms with Crippen LogP contribution in [0.4, 0.5) is 0 Å². The Balaban J connectivity index is 1.40. The van der Waals surface area contributed by atoms with Gasteiger partial charge in [0.1, 0.15) is 5.82 Å². The predicted octanol–water partition coefficient (Wildman–Crippen LogP) is 1.39. The second-order valence-electron chi connectivity index (χ2n) is 7.27. The molecule has 1 aromatic heterocycles. The molecule has 1 aromatic carbocycles. The van der Waals surface area contributed by atoms with Gasteiger partial charge in [-0.25, -0.2) is 13.4 Å². The molecule has 0 atom stereocenters. The molecule has 9 nitrogen and oxygen atoms in total. The Morgan fingerprint density at radius 3 is 2.70 bits per heavy atom. The first-order valence-electron chi connectivity index (χ1n) is 9.71. The van der Waals surface area contributed by atoms with E-state index in [-0.39, 0.29) is 24.3 Å². The zero-order valence-electron chi connectivity index (χ0n) is 16.9. The Labute approximate surface area is 175 Å². The topological polar surface area (TPSA) is 94.0 Å². The molecular formula is C20H24N4O5S. The Bertz CT molecular complexity index is 1070. The lowest BCUT2D eigenvalue weighted by molar-refractivity contribution is -0.125. The first-order valence-corrected chi connectivity index (χ1v) is 11.2. The van der Waals surface area contributed by atoms with Gasteiger partial charge in [-0.05, 0) is 37.1 Å². The predicted molar refractivity (Wildman–Crippen MR) is 109 cm³/mol. The van der Waals surface area contributed by atoms with Crippen molar-refractivity contribution in [1.29, 1.82) is 0 Å². The van der Waals surface area contributed by atoms with E-state index in [1.54, 1.807) is 35.6 Å². The van der Waals surface area contributed by atoms with Crippen LogP contribution in [0.5, 0.6) is 11.5 Å². The van der Waals surface area contributed by atoms with Crippen LogP contribution in [0.1, 0.15) is 17.8 Å². The number of carbonyl (C=O) groups is 1. The summed E-state index contributed by atoms with van der Waals surface area (Å²) in [4.78, 5) is 18.5. The molecule has 0 N–H and O–H groups in total. The highest BCUT2D eigenvalue weighted by molar-refractivity contribution is 7.89. The van der Waals surface area contributed by atoms with Gasteiger partial charge < -0.3 is 18.9 Å². The number of ether oxygens (including phenoxy) is 2. The van der Waals surface area contributed by atoms with Crippen molar-refractivity contribution in [3.05, 3.63) is 41.9 Å². The zero-order valence-corrected chi connectivity index (χ0v) is 17.8. The highest BCUT2D eigenvalue weighted by atomic mass is 32.2. The van der Waals surface area contributed by atoms with Gasteiger partial charge in [0.2, 0.25) is 12.7 Å². The smallest absolute Gasteiger partial charge is 0.262 e. The summed E-state index contributed by atoms with van der Waals surface area (Å²) in [6, 6.07) is 5.47. The lowest BCUT2D eigenvalue weighted by Gasteiger charge is -2.20. The van der Waals surface area contributed by atoms with Gasteiger partial charge in [-0.2, -0.15) is 4.31 Å². The zero-order chi connectivity index (χ0) is 21.3. The largest absolute Gasteiger partial charge is 0.454 e. The third-order valence-corrected chi connectivity index (χ3v) is 7.04. The summed E-state index contributed by atoms with van der Waals surface area (Å²) in [5.41, 5.74) is 0.831. The molecule has 1 saturated heterocycles. The van der Waals surface area contributed by atoms with E-state index in [1.807, 2.05) is 12.1 Å². The minimum atomic E-state index is -3.68. The van der Waals surface area contributed by atoms with Gasteiger partial charge >= 0.3 is 0 Å². The number of nitrogens with zero attached hydrogens (tertiary/aromatic N) is 4. The van der Waals surface area contributed by atoms with Crippen LogP contribution in [-0.2, 0) is 21.9 Å². The van der Waals surface area contributed by atoms with Crippen LogP contribution in [0.2, 0.25) is 0 Å². The van der Waals surface area contributed by atoms with Gasteiger partial charge in [0.25, 0.3) is 10.0 Å². The van der Waals surface area contributed by atoms with Crippen molar-refractivity contribution in [3.8, 4) is 11.5 Å². The van der Waals surface area contributed by atoms with Crippen LogP contribution >= 0.6 is 0 Å². The van der Waals surface area contributed by atoms with Gasteiger partial charge in [-0.3, -0.25) is 4.79 Å². The fraction of sp³-hybridized carbons (Fsp3) is 0.400. The molecule has 1 fully saturated rings. The third kappa shape index (κ3) is 4.05. The molecule has 0 spiro atoms. The van der Waals surface area contributed by atoms with Crippen LogP contribution in [0.15, 0.2) is 35.5 Å². The van der Waals surface area contributed by atoms with Gasteiger partial charge in [-0.15, -0.1) is 0 Å². The normalized spacial score (nSPS) is 17.5. The first kappa shape index (κ1) is 20.4. The maximum absolute atomic E-state index is 12.9. The summed E-state index contributed by atoms with van der Waals surface area (Å²) in [6.07, 6.45) is 5.31. The van der Waals surface area contributed by atoms with E-state index in [9.17, 15) is 13.2 Å². The summed E-state index contributed by atoms with van der Waals surface area (Å²) in [5, 5.41) is 0.0463. The molecule has 10 heteroatoms. The van der Waals surface area contributed by atoms with Crippen LogP contribution in [-0.4, -0.2) is 66.1 Å². The quantitative estimate of drug-likeness (QED) is 0.678. The number of carbonyl (C=O) groups excluding carboxylic acids is 1. The number of imidazole rings is 1. The number of rotatable bonds is 4. The molecule has 160 valence electrons. The van der Waals surface area contributed by atoms with Crippen molar-refractivity contribution >= 4 is 22.0 Å². The minimum Gasteiger partial charge on any atom is -0.454 e. The Morgan fingerprint density at radius 2 is 1.93 bits per heavy atom. The maximum atomic E-state index is 12.9. The Kier molecular flexibility index (Phi) is 5.52. The second kappa shape index (κ2) is 8.11. The molecular weight excluding hydrogens is 408 g/mol. The molecule has 0 bridgehead atoms. The van der Waals surface area contributed by atoms with Gasteiger partial charge in [0.05, 0.1) is 0 Å². The molecule has 1 amide bonds. The number of benzene rings is 1. The van der Waals surface area contributed by atoms with E-state index in [1.165, 1.54) is 16.6 Å². The fourth-order valence-electron chi connectivity index (χ4n) is 3.43. The highest BCUT2D eigenvalue weighted by Gasteiger charge is 2.30. The van der Waals surface area contributed by atoms with Gasteiger partial charge in [0, 0.05) is 45.5 Å². The standard InChI is InChI=1S/C20H24N4O5S/c1-15-21-19(13-22(15)2)30(26,27)24-9-3-8-23(10-11-24)20(25)7-5-16-4-6-17-18(12-16)29-14-28-17/h4-7,12-13H,3,8-11,14H2,1-2H3. The summed E-state index contributed by atoms with van der Waals surface area (Å²) >= 11 is 0. The Hall–Kier alpha value is -2.85. The molecule has 30 heavy (non-hydrogen) atoms. The second-order valence-corrected chi connectivity index (χ2v) is 9.15. The molecule has 2 aromatic rings. The number of sulfonamides is 1. The number of fused-ring (bicyclic) bond motifs is 1. The molecule has 4 rings (SSSR count). The fourth-order valence-corrected chi connectivity index (χ4v) is 4.92. The molecule has 2 aliphatic heterocycles. The van der Waals surface area contributed by atoms with E-state index >= 15 is 0 Å². The van der Waals surface area contributed by atoms with E-state index in [0.29, 0.717) is 43.4 Å². The van der Waals surface area contributed by atoms with E-state index in [4.69, 9.17) is 9.47 Å². The van der Waals surface area contributed by atoms with Crippen molar-refractivity contribution < 1.29 is 22.7 Å². The molecule has 0 saturated carbocycles. The maximum Gasteiger partial charge on any atom is 0.262 e. The van der Waals surface area contributed by atoms with Crippen molar-refractivity contribution in [2.45, 2.75) is 18.4 Å². The lowest BCUT2D eigenvalue weighted by atomic mass is 10.2. The number of hydrogen-bond acceptors (Lipinski definition) is 6. The van der Waals surface area contributed by atoms with Crippen LogP contribution in [0.25, 0.3) is 6.08 Å². The summed E-state index contributed by atoms with van der Waals surface area (Å²) in [6.45, 7) is 3.38. The average Bonchev–Trinajstić information content (AvgIpc) is 3.23. The molecule has 0 aliphatic carbocycles. The van der Waals surface area contributed by atoms with Crippen molar-refractivity contribution in [2.24, 2.45) is 7.05 Å². The number of hydrogen-bond donors (Lipinski definition) is 0. The highest BCUT2D eigenvalue weighted by Crippen LogP contribution is 2.32. The number of aryl methyl sites for hydroxylation is 2. The Morgan fingerprint density at radius 1 is 1.13 bits per heavy atom. The molecule has 0 radical (unpaired) electrons. The average molecular weight is 433 g/mol.